The molecule has 0 bridgehead atoms. The highest BCUT2D eigenvalue weighted by Gasteiger charge is 2.34. The zero-order valence-electron chi connectivity index (χ0n) is 14.8. The molecule has 5 nitrogen and oxygen atoms in total. The van der Waals surface area contributed by atoms with Crippen LogP contribution in [-0.2, 0) is 22.6 Å². The predicted octanol–water partition coefficient (Wildman–Crippen LogP) is 3.15. The summed E-state index contributed by atoms with van der Waals surface area (Å²) in [5.41, 5.74) is 2.11. The second-order valence-corrected chi connectivity index (χ2v) is 6.42. The van der Waals surface area contributed by atoms with Crippen molar-refractivity contribution in [2.45, 2.75) is 31.9 Å². The van der Waals surface area contributed by atoms with Crippen LogP contribution < -0.4 is 5.32 Å². The Morgan fingerprint density at radius 3 is 2.35 bits per heavy atom. The lowest BCUT2D eigenvalue weighted by Crippen LogP contribution is -2.46. The van der Waals surface area contributed by atoms with Crippen LogP contribution in [-0.4, -0.2) is 36.0 Å². The van der Waals surface area contributed by atoms with Crippen molar-refractivity contribution in [1.29, 1.82) is 0 Å². The second kappa shape index (κ2) is 9.04. The Morgan fingerprint density at radius 1 is 1.00 bits per heavy atom. The van der Waals surface area contributed by atoms with E-state index in [4.69, 9.17) is 4.74 Å². The predicted molar refractivity (Wildman–Crippen MR) is 99.5 cm³/mol. The smallest absolute Gasteiger partial charge is 0.410 e. The quantitative estimate of drug-likeness (QED) is 0.869. The third-order valence-corrected chi connectivity index (χ3v) is 4.55. The van der Waals surface area contributed by atoms with Crippen molar-refractivity contribution in [1.82, 2.24) is 10.2 Å². The van der Waals surface area contributed by atoms with E-state index in [2.05, 4.69) is 5.32 Å². The van der Waals surface area contributed by atoms with Crippen molar-refractivity contribution < 1.29 is 14.3 Å². The first-order chi connectivity index (χ1) is 12.7. The van der Waals surface area contributed by atoms with Crippen molar-refractivity contribution in [3.05, 3.63) is 71.8 Å². The van der Waals surface area contributed by atoms with Crippen LogP contribution in [0.5, 0.6) is 0 Å². The van der Waals surface area contributed by atoms with Gasteiger partial charge < -0.3 is 10.1 Å². The maximum absolute atomic E-state index is 12.5. The number of nitrogens with zero attached hydrogens (tertiary/aromatic N) is 1. The molecule has 136 valence electrons. The Bertz CT molecular complexity index is 719. The molecule has 1 heterocycles. The first-order valence-electron chi connectivity index (χ1n) is 9.03. The molecule has 0 spiro atoms. The zero-order valence-corrected chi connectivity index (χ0v) is 14.8. The Hall–Kier alpha value is -2.82. The van der Waals surface area contributed by atoms with Gasteiger partial charge in [0.25, 0.3) is 0 Å². The topological polar surface area (TPSA) is 58.6 Å². The summed E-state index contributed by atoms with van der Waals surface area (Å²) in [5.74, 6) is -0.102. The Kier molecular flexibility index (Phi) is 6.25. The van der Waals surface area contributed by atoms with Gasteiger partial charge in [0.05, 0.1) is 0 Å². The zero-order chi connectivity index (χ0) is 18.2. The number of carbonyl (C=O) groups excluding carboxylic acids is 2. The van der Waals surface area contributed by atoms with Gasteiger partial charge in [-0.15, -0.1) is 0 Å². The standard InChI is InChI=1S/C21H24N2O3/c24-20(22-14-13-17-8-3-1-4-9-17)19-12-7-15-23(19)21(25)26-16-18-10-5-2-6-11-18/h1-6,8-11,19H,7,12-16H2,(H,22,24). The van der Waals surface area contributed by atoms with Crippen molar-refractivity contribution in [3.63, 3.8) is 0 Å². The molecule has 26 heavy (non-hydrogen) atoms. The molecule has 1 N–H and O–H groups in total. The highest BCUT2D eigenvalue weighted by molar-refractivity contribution is 5.86. The summed E-state index contributed by atoms with van der Waals surface area (Å²) in [6.45, 7) is 1.34. The summed E-state index contributed by atoms with van der Waals surface area (Å²) in [7, 11) is 0. The van der Waals surface area contributed by atoms with E-state index in [0.717, 1.165) is 18.4 Å². The molecule has 2 aromatic carbocycles. The Labute approximate surface area is 154 Å². The molecule has 1 saturated heterocycles. The molecule has 0 aromatic heterocycles. The van der Waals surface area contributed by atoms with E-state index in [1.54, 1.807) is 4.90 Å². The van der Waals surface area contributed by atoms with Crippen LogP contribution in [0.15, 0.2) is 60.7 Å². The molecule has 1 aliphatic rings. The third-order valence-electron chi connectivity index (χ3n) is 4.55. The van der Waals surface area contributed by atoms with Crippen molar-refractivity contribution >= 4 is 12.0 Å². The molecule has 2 aromatic rings. The summed E-state index contributed by atoms with van der Waals surface area (Å²) in [6, 6.07) is 19.1. The number of likely N-dealkylation sites (tertiary alicyclic amines) is 1. The average Bonchev–Trinajstić information content (AvgIpc) is 3.18. The normalized spacial score (nSPS) is 16.3. The maximum atomic E-state index is 12.5. The summed E-state index contributed by atoms with van der Waals surface area (Å²) in [4.78, 5) is 26.4. The van der Waals surface area contributed by atoms with Gasteiger partial charge >= 0.3 is 6.09 Å². The first kappa shape index (κ1) is 18.0. The van der Waals surface area contributed by atoms with E-state index in [1.807, 2.05) is 60.7 Å². The lowest BCUT2D eigenvalue weighted by molar-refractivity contribution is -0.125. The minimum Gasteiger partial charge on any atom is -0.445 e. The minimum atomic E-state index is -0.436. The van der Waals surface area contributed by atoms with E-state index in [9.17, 15) is 9.59 Å². The lowest BCUT2D eigenvalue weighted by Gasteiger charge is -2.23. The number of benzene rings is 2. The van der Waals surface area contributed by atoms with Crippen molar-refractivity contribution in [2.75, 3.05) is 13.1 Å². The molecular formula is C21H24N2O3. The maximum Gasteiger partial charge on any atom is 0.410 e. The molecule has 0 saturated carbocycles. The number of amides is 2. The second-order valence-electron chi connectivity index (χ2n) is 6.42. The molecule has 1 atom stereocenters. The fraction of sp³-hybridized carbons (Fsp3) is 0.333. The van der Waals surface area contributed by atoms with Crippen LogP contribution in [0.25, 0.3) is 0 Å². The van der Waals surface area contributed by atoms with Crippen molar-refractivity contribution in [3.8, 4) is 0 Å². The van der Waals surface area contributed by atoms with Gasteiger partial charge in [-0.05, 0) is 30.4 Å². The average molecular weight is 352 g/mol. The number of ether oxygens (including phenoxy) is 1. The minimum absolute atomic E-state index is 0.102. The molecule has 0 radical (unpaired) electrons. The molecule has 1 unspecified atom stereocenters. The van der Waals surface area contributed by atoms with Crippen LogP contribution in [0.2, 0.25) is 0 Å². The van der Waals surface area contributed by atoms with Gasteiger partial charge in [-0.1, -0.05) is 60.7 Å². The fourth-order valence-electron chi connectivity index (χ4n) is 3.15. The number of hydrogen-bond donors (Lipinski definition) is 1. The van der Waals surface area contributed by atoms with Crippen LogP contribution in [0.4, 0.5) is 4.79 Å². The van der Waals surface area contributed by atoms with Crippen molar-refractivity contribution in [2.24, 2.45) is 0 Å². The number of rotatable bonds is 6. The molecule has 5 heteroatoms. The van der Waals surface area contributed by atoms with E-state index in [0.29, 0.717) is 19.5 Å². The molecule has 1 aliphatic heterocycles. The van der Waals surface area contributed by atoms with Gasteiger partial charge in [0.15, 0.2) is 0 Å². The van der Waals surface area contributed by atoms with Crippen LogP contribution >= 0.6 is 0 Å². The summed E-state index contributed by atoms with van der Waals surface area (Å²) < 4.78 is 5.37. The van der Waals surface area contributed by atoms with E-state index < -0.39 is 12.1 Å². The highest BCUT2D eigenvalue weighted by atomic mass is 16.6. The Balaban J connectivity index is 1.47. The van der Waals surface area contributed by atoms with Gasteiger partial charge in [0.2, 0.25) is 5.91 Å². The monoisotopic (exact) mass is 352 g/mol. The van der Waals surface area contributed by atoms with Crippen LogP contribution in [0.3, 0.4) is 0 Å². The van der Waals surface area contributed by atoms with Gasteiger partial charge in [-0.25, -0.2) is 4.79 Å². The largest absolute Gasteiger partial charge is 0.445 e. The molecule has 1 fully saturated rings. The van der Waals surface area contributed by atoms with Crippen LogP contribution in [0, 0.1) is 0 Å². The fourth-order valence-corrected chi connectivity index (χ4v) is 3.15. The van der Waals surface area contributed by atoms with E-state index in [-0.39, 0.29) is 12.5 Å². The van der Waals surface area contributed by atoms with E-state index in [1.165, 1.54) is 5.56 Å². The molecule has 3 rings (SSSR count). The third kappa shape index (κ3) is 4.85. The van der Waals surface area contributed by atoms with Gasteiger partial charge in [0.1, 0.15) is 12.6 Å². The lowest BCUT2D eigenvalue weighted by atomic mass is 10.1. The van der Waals surface area contributed by atoms with Gasteiger partial charge in [-0.2, -0.15) is 0 Å². The van der Waals surface area contributed by atoms with Crippen LogP contribution in [0.1, 0.15) is 24.0 Å². The first-order valence-corrected chi connectivity index (χ1v) is 9.03. The summed E-state index contributed by atoms with van der Waals surface area (Å²) >= 11 is 0. The highest BCUT2D eigenvalue weighted by Crippen LogP contribution is 2.19. The Morgan fingerprint density at radius 2 is 1.65 bits per heavy atom. The SMILES string of the molecule is O=C(NCCc1ccccc1)C1CCCN1C(=O)OCc1ccccc1. The summed E-state index contributed by atoms with van der Waals surface area (Å²) in [5, 5.41) is 2.94. The number of carbonyl (C=O) groups is 2. The number of nitrogens with one attached hydrogen (secondary N) is 1. The summed E-state index contributed by atoms with van der Waals surface area (Å²) in [6.07, 6.45) is 1.85. The molecule has 0 aliphatic carbocycles. The number of hydrogen-bond acceptors (Lipinski definition) is 3. The van der Waals surface area contributed by atoms with Gasteiger partial charge in [0, 0.05) is 13.1 Å². The van der Waals surface area contributed by atoms with Gasteiger partial charge in [-0.3, -0.25) is 9.69 Å². The van der Waals surface area contributed by atoms with E-state index >= 15 is 0 Å². The molecular weight excluding hydrogens is 328 g/mol. The molecule has 2 amide bonds.